The Morgan fingerprint density at radius 1 is 0.475 bits per heavy atom. The number of carbonyl (C=O) groups excluding carboxylic acids is 9. The summed E-state index contributed by atoms with van der Waals surface area (Å²) in [5.41, 5.74) is 7.31. The van der Waals surface area contributed by atoms with Crippen LogP contribution in [0.4, 0.5) is 0 Å². The molecular formula is C68H88N2O31. The molecule has 0 spiro atoms. The van der Waals surface area contributed by atoms with Gasteiger partial charge >= 0.3 is 83.6 Å². The van der Waals surface area contributed by atoms with Gasteiger partial charge in [0, 0.05) is 36.8 Å². The van der Waals surface area contributed by atoms with Crippen molar-refractivity contribution in [2.45, 2.75) is 96.9 Å². The lowest BCUT2D eigenvalue weighted by Crippen LogP contribution is -2.36. The second kappa shape index (κ2) is 56.8. The maximum absolute atomic E-state index is 11.8. The van der Waals surface area contributed by atoms with E-state index < -0.39 is 107 Å². The van der Waals surface area contributed by atoms with Crippen LogP contribution in [0.3, 0.4) is 0 Å². The van der Waals surface area contributed by atoms with E-state index in [9.17, 15) is 71.9 Å². The van der Waals surface area contributed by atoms with Crippen molar-refractivity contribution in [2.24, 2.45) is 23.7 Å². The van der Waals surface area contributed by atoms with E-state index in [1.807, 2.05) is 24.3 Å². The molecule has 2 aliphatic carbocycles. The number of benzene rings is 2. The number of carboxylic acids is 6. The third-order valence-electron chi connectivity index (χ3n) is 12.8. The molecule has 2 saturated carbocycles. The van der Waals surface area contributed by atoms with Gasteiger partial charge < -0.3 is 78.0 Å². The highest BCUT2D eigenvalue weighted by molar-refractivity contribution is 6.02. The van der Waals surface area contributed by atoms with Crippen molar-refractivity contribution < 1.29 is 150 Å². The molecule has 0 aromatic heterocycles. The van der Waals surface area contributed by atoms with Crippen LogP contribution in [0.1, 0.15) is 122 Å². The number of hydrogen-bond acceptors (Lipinski definition) is 26. The number of aromatic carboxylic acids is 1. The minimum atomic E-state index is -1.22. The standard InChI is InChI=1S/C14H20O6.C13H16N2O3.C13H18O6.C13H12O6.C9H14O6.C6H8O4/c1-9(2)13(17)19-7-8-20-14(18)11-6-4-3-5-10(11)12(15)16;1-2-10-3-5-11(6-4-10)9-14-15-12(16)7-8-13(17)18;2*1-2-11(14)18-7-8-19-13(17)10-6-4-3-5-9(10)12(15)16;1-2-9(12)15-6-5-14-7-13-4-3-8(10)11;1-2-10-6(9)4-3-5(7)8/h10-11H,1,3-8H2,2H3,(H,15,16);2-6,14H,1,7-9H2,(H,15,16)(H,17,18);2,9-10H,1,3-8H2,(H,15,16);2-6H,1,7-8H2,(H,15,16);2H,1,3-7H2,(H,10,11);2H,1,3-4H2,(H,7,8). The molecule has 2 aromatic rings. The molecule has 33 heteroatoms. The van der Waals surface area contributed by atoms with Crippen LogP contribution in [-0.2, 0) is 116 Å². The van der Waals surface area contributed by atoms with Gasteiger partial charge in [0.15, 0.2) is 0 Å². The first-order valence-electron chi connectivity index (χ1n) is 30.8. The molecule has 4 rings (SSSR count). The Kier molecular flexibility index (Phi) is 51.7. The van der Waals surface area contributed by atoms with Crippen LogP contribution in [0, 0.1) is 23.7 Å². The third kappa shape index (κ3) is 47.4. The number of nitrogens with one attached hydrogen (secondary N) is 2. The van der Waals surface area contributed by atoms with E-state index >= 15 is 0 Å². The lowest BCUT2D eigenvalue weighted by molar-refractivity contribution is -0.161. The SMILES string of the molecule is C=C(C)C(=O)OCCOC(=O)C1CCCCC1C(=O)O.C=CC(=O)OCCOC(=O)C1CCCCC1C(=O)O.C=CC(=O)OCCOC(=O)c1ccccc1C(=O)O.C=CC(=O)OCCOCOCCC(=O)O.C=COC(=O)CCC(=O)O.C=Cc1ccc(CNNC(=O)CCC(=O)O)cc1. The zero-order valence-electron chi connectivity index (χ0n) is 55.9. The van der Waals surface area contributed by atoms with Gasteiger partial charge in [0.25, 0.3) is 0 Å². The highest BCUT2D eigenvalue weighted by atomic mass is 16.7. The number of carboxylic acid groups (broad SMARTS) is 6. The largest absolute Gasteiger partial charge is 0.481 e. The van der Waals surface area contributed by atoms with Crippen LogP contribution in [0.25, 0.3) is 6.08 Å². The minimum Gasteiger partial charge on any atom is -0.481 e. The molecule has 4 unspecified atom stereocenters. The highest BCUT2D eigenvalue weighted by Gasteiger charge is 2.38. The average Bonchev–Trinajstić information content (AvgIpc) is 0.908. The molecule has 4 atom stereocenters. The number of esters is 8. The van der Waals surface area contributed by atoms with Crippen LogP contribution >= 0.6 is 0 Å². The molecule has 101 heavy (non-hydrogen) atoms. The molecule has 33 nitrogen and oxygen atoms in total. The van der Waals surface area contributed by atoms with Gasteiger partial charge in [-0.15, -0.1) is 0 Å². The summed E-state index contributed by atoms with van der Waals surface area (Å²) in [4.78, 5) is 163. The summed E-state index contributed by atoms with van der Waals surface area (Å²) in [6.45, 7) is 21.8. The topological polar surface area (TPSA) is 494 Å². The van der Waals surface area contributed by atoms with E-state index in [2.05, 4.69) is 69.3 Å². The first-order chi connectivity index (χ1) is 48.0. The Morgan fingerprint density at radius 3 is 1.32 bits per heavy atom. The first kappa shape index (κ1) is 91.9. The Balaban J connectivity index is 0. The molecular weight excluding hydrogens is 1340 g/mol. The molecule has 0 saturated heterocycles. The number of rotatable bonds is 38. The maximum atomic E-state index is 11.8. The molecule has 0 bridgehead atoms. The zero-order valence-corrected chi connectivity index (χ0v) is 55.9. The number of hydrazine groups is 1. The van der Waals surface area contributed by atoms with Crippen LogP contribution in [0.15, 0.2) is 118 Å². The quantitative estimate of drug-likeness (QED) is 0.00727. The molecule has 0 radical (unpaired) electrons. The van der Waals surface area contributed by atoms with E-state index in [0.717, 1.165) is 61.3 Å². The van der Waals surface area contributed by atoms with E-state index in [1.54, 1.807) is 6.08 Å². The van der Waals surface area contributed by atoms with E-state index in [-0.39, 0.29) is 121 Å². The monoisotopic (exact) mass is 1430 g/mol. The van der Waals surface area contributed by atoms with Crippen molar-refractivity contribution >= 4 is 95.6 Å². The first-order valence-corrected chi connectivity index (χ1v) is 30.8. The summed E-state index contributed by atoms with van der Waals surface area (Å²) in [5.74, 6) is -13.6. The number of carbonyl (C=O) groups is 15. The lowest BCUT2D eigenvalue weighted by Gasteiger charge is -2.26. The van der Waals surface area contributed by atoms with Gasteiger partial charge in [0.05, 0.1) is 80.0 Å². The van der Waals surface area contributed by atoms with Crippen LogP contribution in [0.5, 0.6) is 0 Å². The van der Waals surface area contributed by atoms with Gasteiger partial charge in [-0.2, -0.15) is 0 Å². The predicted octanol–water partition coefficient (Wildman–Crippen LogP) is 5.99. The fourth-order valence-electron chi connectivity index (χ4n) is 7.89. The zero-order chi connectivity index (χ0) is 76.5. The predicted molar refractivity (Wildman–Crippen MR) is 352 cm³/mol. The van der Waals surface area contributed by atoms with Crippen LogP contribution < -0.4 is 10.9 Å². The molecule has 2 aromatic carbocycles. The third-order valence-corrected chi connectivity index (χ3v) is 12.8. The highest BCUT2D eigenvalue weighted by Crippen LogP contribution is 2.32. The van der Waals surface area contributed by atoms with Crippen molar-refractivity contribution in [1.82, 2.24) is 10.9 Å². The summed E-state index contributed by atoms with van der Waals surface area (Å²) >= 11 is 0. The molecule has 2 aliphatic rings. The summed E-state index contributed by atoms with van der Waals surface area (Å²) < 4.78 is 47.3. The Morgan fingerprint density at radius 2 is 0.891 bits per heavy atom. The van der Waals surface area contributed by atoms with Gasteiger partial charge in [-0.25, -0.2) is 34.2 Å². The van der Waals surface area contributed by atoms with Gasteiger partial charge in [-0.1, -0.05) is 108 Å². The van der Waals surface area contributed by atoms with Crippen molar-refractivity contribution in [3.63, 3.8) is 0 Å². The second-order valence-electron chi connectivity index (χ2n) is 20.4. The fourth-order valence-corrected chi connectivity index (χ4v) is 7.89. The molecule has 1 amide bonds. The van der Waals surface area contributed by atoms with Gasteiger partial charge in [-0.05, 0) is 55.9 Å². The van der Waals surface area contributed by atoms with Crippen molar-refractivity contribution in [3.8, 4) is 0 Å². The Bertz CT molecular complexity index is 3080. The second-order valence-corrected chi connectivity index (χ2v) is 20.4. The lowest BCUT2D eigenvalue weighted by atomic mass is 9.79. The Hall–Kier alpha value is -11.2. The molecule has 556 valence electrons. The average molecular weight is 1430 g/mol. The molecule has 2 fully saturated rings. The van der Waals surface area contributed by atoms with E-state index in [1.165, 1.54) is 31.2 Å². The van der Waals surface area contributed by atoms with E-state index in [0.29, 0.717) is 32.2 Å². The minimum absolute atomic E-state index is 0.0150. The van der Waals surface area contributed by atoms with Crippen molar-refractivity contribution in [3.05, 3.63) is 140 Å². The number of aliphatic carboxylic acids is 5. The summed E-state index contributed by atoms with van der Waals surface area (Å²) in [5, 5.41) is 51.8. The fraction of sp³-hybridized carbons (Fsp3) is 0.426. The van der Waals surface area contributed by atoms with Gasteiger partial charge in [-0.3, -0.25) is 48.6 Å². The summed E-state index contributed by atoms with van der Waals surface area (Å²) in [7, 11) is 0. The summed E-state index contributed by atoms with van der Waals surface area (Å²) in [6, 6.07) is 13.4. The van der Waals surface area contributed by atoms with Gasteiger partial charge in [0.2, 0.25) is 5.91 Å². The van der Waals surface area contributed by atoms with Crippen LogP contribution in [0.2, 0.25) is 0 Å². The van der Waals surface area contributed by atoms with E-state index in [4.69, 9.17) is 59.1 Å². The van der Waals surface area contributed by atoms with Crippen molar-refractivity contribution in [2.75, 3.05) is 66.3 Å². The number of ether oxygens (including phenoxy) is 10. The van der Waals surface area contributed by atoms with Crippen LogP contribution in [-0.4, -0.2) is 186 Å². The molecule has 0 aliphatic heterocycles. The summed E-state index contributed by atoms with van der Waals surface area (Å²) in [6.07, 6.45) is 10.6. The number of hydrogen-bond donors (Lipinski definition) is 8. The smallest absolute Gasteiger partial charge is 0.339 e. The molecule has 8 N–H and O–H groups in total. The Labute approximate surface area is 581 Å². The van der Waals surface area contributed by atoms with Crippen molar-refractivity contribution in [1.29, 1.82) is 0 Å². The molecule has 0 heterocycles. The maximum Gasteiger partial charge on any atom is 0.339 e. The normalized spacial score (nSPS) is 14.3. The van der Waals surface area contributed by atoms with Gasteiger partial charge in [0.1, 0.15) is 53.0 Å². The number of amides is 1.